The summed E-state index contributed by atoms with van der Waals surface area (Å²) in [7, 11) is 1.31. The minimum absolute atomic E-state index is 0.260. The number of anilines is 1. The lowest BCUT2D eigenvalue weighted by Gasteiger charge is -2.06. The molecule has 0 aliphatic heterocycles. The summed E-state index contributed by atoms with van der Waals surface area (Å²) in [6, 6.07) is 13.0. The van der Waals surface area contributed by atoms with Crippen LogP contribution in [0.4, 0.5) is 5.69 Å². The van der Waals surface area contributed by atoms with Crippen LogP contribution in [-0.4, -0.2) is 19.0 Å². The van der Waals surface area contributed by atoms with Gasteiger partial charge in [0.2, 0.25) is 0 Å². The van der Waals surface area contributed by atoms with Gasteiger partial charge in [0.25, 0.3) is 5.91 Å². The second-order valence-electron chi connectivity index (χ2n) is 4.03. The summed E-state index contributed by atoms with van der Waals surface area (Å²) >= 11 is 5.77. The number of methoxy groups -OCH3 is 1. The zero-order valence-corrected chi connectivity index (χ0v) is 11.5. The maximum atomic E-state index is 12.0. The molecule has 4 nitrogen and oxygen atoms in total. The molecule has 1 N–H and O–H groups in total. The molecule has 0 saturated carbocycles. The maximum absolute atomic E-state index is 12.0. The zero-order chi connectivity index (χ0) is 14.5. The summed E-state index contributed by atoms with van der Waals surface area (Å²) in [6.45, 7) is 0. The summed E-state index contributed by atoms with van der Waals surface area (Å²) < 4.78 is 4.59. The minimum atomic E-state index is -0.436. The highest BCUT2D eigenvalue weighted by atomic mass is 35.5. The van der Waals surface area contributed by atoms with Crippen molar-refractivity contribution < 1.29 is 14.3 Å². The molecule has 2 aromatic carbocycles. The van der Waals surface area contributed by atoms with Crippen LogP contribution in [0.15, 0.2) is 48.5 Å². The molecule has 0 atom stereocenters. The summed E-state index contributed by atoms with van der Waals surface area (Å²) in [6.07, 6.45) is 0. The lowest BCUT2D eigenvalue weighted by Crippen LogP contribution is -2.12. The number of ether oxygens (including phenoxy) is 1. The van der Waals surface area contributed by atoms with Crippen LogP contribution in [0.25, 0.3) is 0 Å². The highest BCUT2D eigenvalue weighted by Crippen LogP contribution is 2.15. The van der Waals surface area contributed by atoms with Crippen molar-refractivity contribution in [3.8, 4) is 0 Å². The van der Waals surface area contributed by atoms with Crippen LogP contribution in [0.2, 0.25) is 5.02 Å². The Hall–Kier alpha value is -2.33. The Labute approximate surface area is 121 Å². The van der Waals surface area contributed by atoms with Crippen molar-refractivity contribution in [1.29, 1.82) is 0 Å². The van der Waals surface area contributed by atoms with Crippen molar-refractivity contribution in [2.45, 2.75) is 0 Å². The van der Waals surface area contributed by atoms with Gasteiger partial charge in [-0.1, -0.05) is 11.6 Å². The normalized spacial score (nSPS) is 9.90. The van der Waals surface area contributed by atoms with E-state index in [-0.39, 0.29) is 5.91 Å². The first-order chi connectivity index (χ1) is 9.60. The third-order valence-electron chi connectivity index (χ3n) is 2.67. The number of esters is 1. The number of rotatable bonds is 3. The van der Waals surface area contributed by atoms with Gasteiger partial charge < -0.3 is 10.1 Å². The third kappa shape index (κ3) is 3.36. The fraction of sp³-hybridized carbons (Fsp3) is 0.0667. The van der Waals surface area contributed by atoms with E-state index in [9.17, 15) is 9.59 Å². The molecule has 0 unspecified atom stereocenters. The molecule has 0 bridgehead atoms. The number of amides is 1. The fourth-order valence-corrected chi connectivity index (χ4v) is 1.74. The largest absolute Gasteiger partial charge is 0.465 e. The van der Waals surface area contributed by atoms with Crippen LogP contribution in [0.5, 0.6) is 0 Å². The average Bonchev–Trinajstić information content (AvgIpc) is 2.49. The van der Waals surface area contributed by atoms with E-state index in [0.717, 1.165) is 0 Å². The minimum Gasteiger partial charge on any atom is -0.465 e. The third-order valence-corrected chi connectivity index (χ3v) is 2.92. The van der Waals surface area contributed by atoms with E-state index in [1.54, 1.807) is 48.5 Å². The summed E-state index contributed by atoms with van der Waals surface area (Å²) in [5.41, 5.74) is 1.50. The SMILES string of the molecule is COC(=O)c1ccc(C(=O)Nc2ccc(Cl)cc2)cc1. The molecule has 5 heteroatoms. The van der Waals surface area contributed by atoms with E-state index < -0.39 is 5.97 Å². The second kappa shape index (κ2) is 6.21. The van der Waals surface area contributed by atoms with Crippen LogP contribution in [0, 0.1) is 0 Å². The van der Waals surface area contributed by atoms with Crippen molar-refractivity contribution >= 4 is 29.2 Å². The molecule has 2 rings (SSSR count). The highest BCUT2D eigenvalue weighted by molar-refractivity contribution is 6.30. The Morgan fingerprint density at radius 3 is 2.05 bits per heavy atom. The molecular weight excluding hydrogens is 278 g/mol. The number of halogens is 1. The van der Waals surface area contributed by atoms with Crippen molar-refractivity contribution in [3.05, 3.63) is 64.7 Å². The van der Waals surface area contributed by atoms with Gasteiger partial charge in [0.05, 0.1) is 12.7 Å². The Balaban J connectivity index is 2.09. The van der Waals surface area contributed by atoms with Crippen LogP contribution >= 0.6 is 11.6 Å². The van der Waals surface area contributed by atoms with Gasteiger partial charge in [-0.2, -0.15) is 0 Å². The first-order valence-corrected chi connectivity index (χ1v) is 6.23. The molecule has 0 aromatic heterocycles. The number of carbonyl (C=O) groups excluding carboxylic acids is 2. The molecule has 2 aromatic rings. The summed E-state index contributed by atoms with van der Waals surface area (Å²) in [5, 5.41) is 3.34. The lowest BCUT2D eigenvalue weighted by atomic mass is 10.1. The quantitative estimate of drug-likeness (QED) is 0.881. The van der Waals surface area contributed by atoms with Gasteiger partial charge in [-0.15, -0.1) is 0 Å². The van der Waals surface area contributed by atoms with Gasteiger partial charge in [0.1, 0.15) is 0 Å². The van der Waals surface area contributed by atoms with Gasteiger partial charge in [-0.3, -0.25) is 4.79 Å². The predicted molar refractivity (Wildman–Crippen MR) is 77.2 cm³/mol. The molecule has 0 radical (unpaired) electrons. The van der Waals surface area contributed by atoms with E-state index in [1.807, 2.05) is 0 Å². The van der Waals surface area contributed by atoms with Crippen molar-refractivity contribution in [1.82, 2.24) is 0 Å². The van der Waals surface area contributed by atoms with Crippen LogP contribution in [0.3, 0.4) is 0 Å². The molecule has 20 heavy (non-hydrogen) atoms. The zero-order valence-electron chi connectivity index (χ0n) is 10.7. The summed E-state index contributed by atoms with van der Waals surface area (Å²) in [4.78, 5) is 23.3. The molecule has 0 heterocycles. The van der Waals surface area contributed by atoms with Crippen LogP contribution < -0.4 is 5.32 Å². The lowest BCUT2D eigenvalue weighted by molar-refractivity contribution is 0.0600. The van der Waals surface area contributed by atoms with Gasteiger partial charge in [-0.05, 0) is 48.5 Å². The van der Waals surface area contributed by atoms with Crippen molar-refractivity contribution in [3.63, 3.8) is 0 Å². The number of carbonyl (C=O) groups is 2. The van der Waals surface area contributed by atoms with Crippen LogP contribution in [0.1, 0.15) is 20.7 Å². The van der Waals surface area contributed by atoms with E-state index in [4.69, 9.17) is 11.6 Å². The van der Waals surface area contributed by atoms with Gasteiger partial charge in [0, 0.05) is 16.3 Å². The Bertz CT molecular complexity index is 621. The van der Waals surface area contributed by atoms with E-state index in [0.29, 0.717) is 21.8 Å². The average molecular weight is 290 g/mol. The Morgan fingerprint density at radius 1 is 0.950 bits per heavy atom. The molecule has 0 fully saturated rings. The molecule has 0 aliphatic carbocycles. The van der Waals surface area contributed by atoms with E-state index >= 15 is 0 Å². The molecule has 0 spiro atoms. The number of hydrogen-bond donors (Lipinski definition) is 1. The molecule has 102 valence electrons. The van der Waals surface area contributed by atoms with E-state index in [1.165, 1.54) is 7.11 Å². The first-order valence-electron chi connectivity index (χ1n) is 5.85. The topological polar surface area (TPSA) is 55.4 Å². The van der Waals surface area contributed by atoms with Crippen molar-refractivity contribution in [2.75, 3.05) is 12.4 Å². The van der Waals surface area contributed by atoms with E-state index in [2.05, 4.69) is 10.1 Å². The molecule has 1 amide bonds. The van der Waals surface area contributed by atoms with Gasteiger partial charge in [0.15, 0.2) is 0 Å². The molecule has 0 saturated heterocycles. The van der Waals surface area contributed by atoms with Crippen molar-refractivity contribution in [2.24, 2.45) is 0 Å². The van der Waals surface area contributed by atoms with Gasteiger partial charge >= 0.3 is 5.97 Å². The number of hydrogen-bond acceptors (Lipinski definition) is 3. The Morgan fingerprint density at radius 2 is 1.50 bits per heavy atom. The van der Waals surface area contributed by atoms with Gasteiger partial charge in [-0.25, -0.2) is 4.79 Å². The smallest absolute Gasteiger partial charge is 0.337 e. The molecular formula is C15H12ClNO3. The highest BCUT2D eigenvalue weighted by Gasteiger charge is 2.09. The monoisotopic (exact) mass is 289 g/mol. The summed E-state index contributed by atoms with van der Waals surface area (Å²) in [5.74, 6) is -0.696. The van der Waals surface area contributed by atoms with Crippen LogP contribution in [-0.2, 0) is 4.74 Å². The predicted octanol–water partition coefficient (Wildman–Crippen LogP) is 3.38. The molecule has 0 aliphatic rings. The maximum Gasteiger partial charge on any atom is 0.337 e. The standard InChI is InChI=1S/C15H12ClNO3/c1-20-15(19)11-4-2-10(3-5-11)14(18)17-13-8-6-12(16)7-9-13/h2-9H,1H3,(H,17,18). The Kier molecular flexibility index (Phi) is 4.38. The fourth-order valence-electron chi connectivity index (χ4n) is 1.61. The number of nitrogens with one attached hydrogen (secondary N) is 1. The first kappa shape index (κ1) is 14.1. The number of benzene rings is 2. The second-order valence-corrected chi connectivity index (χ2v) is 4.47.